The molecule has 3 N–H and O–H groups in total. The fourth-order valence-corrected chi connectivity index (χ4v) is 4.34. The second kappa shape index (κ2) is 12.1. The van der Waals surface area contributed by atoms with Gasteiger partial charge < -0.3 is 15.8 Å². The number of allylic oxidation sites excluding steroid dienone is 1. The molecule has 9 heteroatoms. The second-order valence-electron chi connectivity index (χ2n) is 8.44. The molecule has 0 saturated heterocycles. The van der Waals surface area contributed by atoms with Gasteiger partial charge in [0.2, 0.25) is 0 Å². The summed E-state index contributed by atoms with van der Waals surface area (Å²) in [4.78, 5) is 39.9. The van der Waals surface area contributed by atoms with Gasteiger partial charge in [-0.25, -0.2) is 9.48 Å². The highest BCUT2D eigenvalue weighted by Crippen LogP contribution is 2.31. The van der Waals surface area contributed by atoms with Crippen molar-refractivity contribution in [2.75, 3.05) is 6.61 Å². The topological polar surface area (TPSA) is 116 Å². The molecule has 1 amide bonds. The number of nitrogens with zero attached hydrogens (tertiary/aromatic N) is 2. The fourth-order valence-electron chi connectivity index (χ4n) is 4.01. The maximum atomic E-state index is 14.0. The Labute approximate surface area is 231 Å². The third-order valence-corrected chi connectivity index (χ3v) is 6.05. The number of aromatic nitrogens is 2. The molecule has 0 aliphatic rings. The van der Waals surface area contributed by atoms with Crippen LogP contribution in [0, 0.1) is 0 Å². The summed E-state index contributed by atoms with van der Waals surface area (Å²) in [6.45, 7) is 3.22. The van der Waals surface area contributed by atoms with Crippen molar-refractivity contribution in [1.82, 2.24) is 15.1 Å². The molecule has 3 aromatic carbocycles. The van der Waals surface area contributed by atoms with Crippen LogP contribution in [-0.4, -0.2) is 39.0 Å². The quantitative estimate of drug-likeness (QED) is 0.145. The molecule has 4 aromatic rings. The van der Waals surface area contributed by atoms with Gasteiger partial charge in [0.1, 0.15) is 10.6 Å². The zero-order valence-electron chi connectivity index (χ0n) is 21.4. The number of benzene rings is 3. The number of hydrogen-bond donors (Lipinski definition) is 2. The van der Waals surface area contributed by atoms with E-state index < -0.39 is 17.7 Å². The summed E-state index contributed by atoms with van der Waals surface area (Å²) in [7, 11) is 0. The van der Waals surface area contributed by atoms with Crippen LogP contribution in [0.15, 0.2) is 102 Å². The van der Waals surface area contributed by atoms with Crippen LogP contribution in [-0.2, 0) is 9.53 Å². The lowest BCUT2D eigenvalue weighted by Gasteiger charge is -2.12. The number of amides is 1. The largest absolute Gasteiger partial charge is 0.462 e. The van der Waals surface area contributed by atoms with E-state index in [1.807, 2.05) is 60.7 Å². The number of para-hydroxylation sites is 1. The first-order valence-corrected chi connectivity index (χ1v) is 12.6. The van der Waals surface area contributed by atoms with Gasteiger partial charge in [-0.2, -0.15) is 5.10 Å². The van der Waals surface area contributed by atoms with Crippen molar-refractivity contribution in [2.45, 2.75) is 13.8 Å². The van der Waals surface area contributed by atoms with Crippen molar-refractivity contribution in [2.24, 2.45) is 5.73 Å². The van der Waals surface area contributed by atoms with Crippen molar-refractivity contribution >= 4 is 34.9 Å². The SMILES string of the molecule is CCOC(=O)/C(C(=S)NC(=O)c1nn(-c2ccccc2)c(-c2ccccc2)c1C(=O)c1ccccc1)=C(/C)N. The Morgan fingerprint density at radius 1 is 0.923 bits per heavy atom. The summed E-state index contributed by atoms with van der Waals surface area (Å²) in [5, 5.41) is 7.14. The summed E-state index contributed by atoms with van der Waals surface area (Å²) >= 11 is 5.36. The van der Waals surface area contributed by atoms with Crippen molar-refractivity contribution in [1.29, 1.82) is 0 Å². The average Bonchev–Trinajstić information content (AvgIpc) is 3.35. The van der Waals surface area contributed by atoms with E-state index in [-0.39, 0.29) is 34.1 Å². The number of ether oxygens (including phenoxy) is 1. The molecule has 1 aromatic heterocycles. The molecule has 0 spiro atoms. The summed E-state index contributed by atoms with van der Waals surface area (Å²) in [6, 6.07) is 27.0. The van der Waals surface area contributed by atoms with E-state index in [0.717, 1.165) is 0 Å². The Kier molecular flexibility index (Phi) is 8.43. The van der Waals surface area contributed by atoms with E-state index in [9.17, 15) is 14.4 Å². The number of thiocarbonyl (C=S) groups is 1. The van der Waals surface area contributed by atoms with Crippen molar-refractivity contribution in [3.8, 4) is 16.9 Å². The van der Waals surface area contributed by atoms with Crippen molar-refractivity contribution in [3.63, 3.8) is 0 Å². The maximum absolute atomic E-state index is 14.0. The number of carbonyl (C=O) groups excluding carboxylic acids is 3. The number of carbonyl (C=O) groups is 3. The van der Waals surface area contributed by atoms with Crippen LogP contribution in [0.2, 0.25) is 0 Å². The highest BCUT2D eigenvalue weighted by Gasteiger charge is 2.31. The first-order chi connectivity index (χ1) is 18.8. The van der Waals surface area contributed by atoms with Crippen LogP contribution < -0.4 is 11.1 Å². The van der Waals surface area contributed by atoms with Crippen LogP contribution in [0.25, 0.3) is 16.9 Å². The van der Waals surface area contributed by atoms with Gasteiger partial charge in [-0.05, 0) is 26.0 Å². The minimum Gasteiger partial charge on any atom is -0.462 e. The predicted octanol–water partition coefficient (Wildman–Crippen LogP) is 4.62. The third-order valence-electron chi connectivity index (χ3n) is 5.74. The predicted molar refractivity (Wildman–Crippen MR) is 152 cm³/mol. The Balaban J connectivity index is 1.91. The van der Waals surface area contributed by atoms with Gasteiger partial charge >= 0.3 is 5.97 Å². The van der Waals surface area contributed by atoms with Gasteiger partial charge in [0.05, 0.1) is 23.6 Å². The molecule has 0 fully saturated rings. The smallest absolute Gasteiger partial charge is 0.342 e. The van der Waals surface area contributed by atoms with E-state index in [4.69, 9.17) is 22.7 Å². The zero-order valence-corrected chi connectivity index (χ0v) is 22.2. The Morgan fingerprint density at radius 3 is 2.05 bits per heavy atom. The molecule has 1 heterocycles. The standard InChI is InChI=1S/C30H26N4O4S/c1-3-38-30(37)23(19(2)31)29(39)32-28(36)25-24(27(35)21-15-9-5-10-16-21)26(20-13-7-4-8-14-20)34(33-25)22-17-11-6-12-18-22/h4-18H,3,31H2,1-2H3,(H,32,36,39)/b23-19-. The molecular formula is C30H26N4O4S. The van der Waals surface area contributed by atoms with E-state index in [1.54, 1.807) is 41.9 Å². The number of nitrogens with one attached hydrogen (secondary N) is 1. The molecule has 0 atom stereocenters. The molecule has 39 heavy (non-hydrogen) atoms. The van der Waals surface area contributed by atoms with Crippen LogP contribution >= 0.6 is 12.2 Å². The minimum absolute atomic E-state index is 0.0825. The van der Waals surface area contributed by atoms with Crippen LogP contribution in [0.4, 0.5) is 0 Å². The fraction of sp³-hybridized carbons (Fsp3) is 0.100. The molecular weight excluding hydrogens is 512 g/mol. The molecule has 8 nitrogen and oxygen atoms in total. The number of hydrogen-bond acceptors (Lipinski definition) is 7. The zero-order chi connectivity index (χ0) is 27.9. The molecule has 0 aliphatic carbocycles. The first kappa shape index (κ1) is 27.2. The monoisotopic (exact) mass is 538 g/mol. The summed E-state index contributed by atoms with van der Waals surface area (Å²) < 4.78 is 6.60. The molecule has 0 saturated carbocycles. The number of ketones is 1. The number of nitrogens with two attached hydrogens (primary N) is 1. The van der Waals surface area contributed by atoms with Crippen LogP contribution in [0.3, 0.4) is 0 Å². The van der Waals surface area contributed by atoms with E-state index >= 15 is 0 Å². The van der Waals surface area contributed by atoms with Gasteiger partial charge in [-0.15, -0.1) is 0 Å². The van der Waals surface area contributed by atoms with Crippen molar-refractivity contribution < 1.29 is 19.1 Å². The average molecular weight is 539 g/mol. The van der Waals surface area contributed by atoms with Crippen LogP contribution in [0.1, 0.15) is 40.3 Å². The third kappa shape index (κ3) is 5.83. The summed E-state index contributed by atoms with van der Waals surface area (Å²) in [6.07, 6.45) is 0. The van der Waals surface area contributed by atoms with Gasteiger partial charge in [0.15, 0.2) is 11.5 Å². The highest BCUT2D eigenvalue weighted by molar-refractivity contribution is 7.81. The van der Waals surface area contributed by atoms with Gasteiger partial charge in [0, 0.05) is 16.8 Å². The molecule has 0 bridgehead atoms. The Morgan fingerprint density at radius 2 is 1.49 bits per heavy atom. The van der Waals surface area contributed by atoms with E-state index in [0.29, 0.717) is 22.5 Å². The molecule has 0 radical (unpaired) electrons. The Bertz CT molecular complexity index is 1560. The summed E-state index contributed by atoms with van der Waals surface area (Å²) in [5.74, 6) is -1.93. The van der Waals surface area contributed by atoms with Crippen LogP contribution in [0.5, 0.6) is 0 Å². The lowest BCUT2D eigenvalue weighted by molar-refractivity contribution is -0.137. The lowest BCUT2D eigenvalue weighted by Crippen LogP contribution is -2.35. The van der Waals surface area contributed by atoms with Crippen molar-refractivity contribution in [3.05, 3.63) is 119 Å². The summed E-state index contributed by atoms with van der Waals surface area (Å²) in [5.41, 5.74) is 7.89. The minimum atomic E-state index is -0.769. The normalized spacial score (nSPS) is 11.3. The lowest BCUT2D eigenvalue weighted by atomic mass is 9.97. The second-order valence-corrected chi connectivity index (χ2v) is 8.85. The van der Waals surface area contributed by atoms with Gasteiger partial charge in [0.25, 0.3) is 5.91 Å². The number of esters is 1. The number of rotatable bonds is 8. The molecule has 4 rings (SSSR count). The Hall–Kier alpha value is -4.89. The highest BCUT2D eigenvalue weighted by atomic mass is 32.1. The maximum Gasteiger partial charge on any atom is 0.342 e. The van der Waals surface area contributed by atoms with E-state index in [2.05, 4.69) is 10.4 Å². The molecule has 196 valence electrons. The van der Waals surface area contributed by atoms with Gasteiger partial charge in [-0.1, -0.05) is 91.1 Å². The molecule has 0 unspecified atom stereocenters. The van der Waals surface area contributed by atoms with E-state index in [1.165, 1.54) is 6.92 Å². The first-order valence-electron chi connectivity index (χ1n) is 12.2. The van der Waals surface area contributed by atoms with Gasteiger partial charge in [-0.3, -0.25) is 9.59 Å². The molecule has 0 aliphatic heterocycles.